The van der Waals surface area contributed by atoms with Gasteiger partial charge in [0.1, 0.15) is 0 Å². The molecule has 0 fully saturated rings. The number of nitrogens with one attached hydrogen (secondary N) is 1. The van der Waals surface area contributed by atoms with Gasteiger partial charge in [0.25, 0.3) is 0 Å². The van der Waals surface area contributed by atoms with Crippen LogP contribution in [0.5, 0.6) is 0 Å². The maximum atomic E-state index is 6.17. The summed E-state index contributed by atoms with van der Waals surface area (Å²) in [5, 5.41) is 4.74. The summed E-state index contributed by atoms with van der Waals surface area (Å²) in [6.07, 6.45) is 0. The van der Waals surface area contributed by atoms with Crippen molar-refractivity contribution in [3.63, 3.8) is 0 Å². The van der Waals surface area contributed by atoms with E-state index in [0.717, 1.165) is 24.3 Å². The van der Waals surface area contributed by atoms with E-state index in [1.165, 1.54) is 5.69 Å². The van der Waals surface area contributed by atoms with Gasteiger partial charge in [-0.3, -0.25) is 0 Å². The van der Waals surface area contributed by atoms with Crippen molar-refractivity contribution in [3.8, 4) is 0 Å². The van der Waals surface area contributed by atoms with Gasteiger partial charge >= 0.3 is 0 Å². The number of hydrogen-bond acceptors (Lipinski definition) is 2. The lowest BCUT2D eigenvalue weighted by atomic mass is 10.2. The quantitative estimate of drug-likeness (QED) is 0.760. The van der Waals surface area contributed by atoms with Crippen LogP contribution in [0.4, 0.5) is 11.4 Å². The molecule has 0 atom stereocenters. The lowest BCUT2D eigenvalue weighted by Gasteiger charge is -2.21. The third-order valence-corrected chi connectivity index (χ3v) is 4.24. The predicted octanol–water partition coefficient (Wildman–Crippen LogP) is 5.45. The molecule has 2 nitrogen and oxygen atoms in total. The first kappa shape index (κ1) is 16.0. The fourth-order valence-electron chi connectivity index (χ4n) is 2.27. The largest absolute Gasteiger partial charge is 0.381 e. The lowest BCUT2D eigenvalue weighted by molar-refractivity contribution is 0.866. The van der Waals surface area contributed by atoms with Crippen molar-refractivity contribution < 1.29 is 0 Å². The van der Waals surface area contributed by atoms with E-state index < -0.39 is 0 Å². The van der Waals surface area contributed by atoms with Gasteiger partial charge < -0.3 is 10.2 Å². The number of rotatable bonds is 6. The van der Waals surface area contributed by atoms with Crippen LogP contribution in [0.15, 0.2) is 42.5 Å². The van der Waals surface area contributed by atoms with Crippen LogP contribution in [0.1, 0.15) is 19.4 Å². The van der Waals surface area contributed by atoms with E-state index in [4.69, 9.17) is 23.2 Å². The van der Waals surface area contributed by atoms with Crippen molar-refractivity contribution in [2.45, 2.75) is 20.4 Å². The van der Waals surface area contributed by atoms with Crippen LogP contribution in [-0.2, 0) is 6.54 Å². The van der Waals surface area contributed by atoms with E-state index in [2.05, 4.69) is 48.3 Å². The Balaban J connectivity index is 2.04. The monoisotopic (exact) mass is 322 g/mol. The zero-order chi connectivity index (χ0) is 15.2. The molecule has 0 amide bonds. The Morgan fingerprint density at radius 1 is 0.905 bits per heavy atom. The zero-order valence-electron chi connectivity index (χ0n) is 12.4. The second-order valence-electron chi connectivity index (χ2n) is 4.77. The van der Waals surface area contributed by atoms with E-state index >= 15 is 0 Å². The average molecular weight is 323 g/mol. The highest BCUT2D eigenvalue weighted by molar-refractivity contribution is 6.36. The molecule has 0 saturated carbocycles. The van der Waals surface area contributed by atoms with Crippen LogP contribution in [-0.4, -0.2) is 13.1 Å². The van der Waals surface area contributed by atoms with E-state index in [1.807, 2.05) is 18.2 Å². The average Bonchev–Trinajstić information content (AvgIpc) is 2.49. The molecule has 0 aliphatic carbocycles. The van der Waals surface area contributed by atoms with Gasteiger partial charge in [-0.1, -0.05) is 29.3 Å². The molecule has 2 aromatic carbocycles. The van der Waals surface area contributed by atoms with Crippen LogP contribution in [0.25, 0.3) is 0 Å². The van der Waals surface area contributed by atoms with Gasteiger partial charge in [-0.05, 0) is 50.2 Å². The normalized spacial score (nSPS) is 10.5. The minimum absolute atomic E-state index is 0.614. The SMILES string of the molecule is CCN(CC)c1ccc(NCc2c(Cl)cccc2Cl)cc1. The predicted molar refractivity (Wildman–Crippen MR) is 93.8 cm³/mol. The summed E-state index contributed by atoms with van der Waals surface area (Å²) in [5.74, 6) is 0. The van der Waals surface area contributed by atoms with Crippen LogP contribution < -0.4 is 10.2 Å². The molecule has 0 unspecified atom stereocenters. The highest BCUT2D eigenvalue weighted by Gasteiger charge is 2.05. The number of benzene rings is 2. The maximum absolute atomic E-state index is 6.17. The van der Waals surface area contributed by atoms with E-state index in [1.54, 1.807) is 0 Å². The molecule has 0 heterocycles. The maximum Gasteiger partial charge on any atom is 0.0470 e. The van der Waals surface area contributed by atoms with Gasteiger partial charge in [-0.25, -0.2) is 0 Å². The van der Waals surface area contributed by atoms with Gasteiger partial charge in [0.15, 0.2) is 0 Å². The lowest BCUT2D eigenvalue weighted by Crippen LogP contribution is -2.21. The van der Waals surface area contributed by atoms with Crippen molar-refractivity contribution >= 4 is 34.6 Å². The molecule has 112 valence electrons. The van der Waals surface area contributed by atoms with E-state index in [-0.39, 0.29) is 0 Å². The van der Waals surface area contributed by atoms with Gasteiger partial charge in [0, 0.05) is 46.6 Å². The Morgan fingerprint density at radius 3 is 2.00 bits per heavy atom. The number of anilines is 2. The molecule has 2 aromatic rings. The van der Waals surface area contributed by atoms with Gasteiger partial charge in [-0.2, -0.15) is 0 Å². The van der Waals surface area contributed by atoms with Crippen molar-refractivity contribution in [2.24, 2.45) is 0 Å². The van der Waals surface area contributed by atoms with Gasteiger partial charge in [-0.15, -0.1) is 0 Å². The summed E-state index contributed by atoms with van der Waals surface area (Å²) >= 11 is 12.3. The van der Waals surface area contributed by atoms with Crippen molar-refractivity contribution in [2.75, 3.05) is 23.3 Å². The Kier molecular flexibility index (Phi) is 5.77. The van der Waals surface area contributed by atoms with Crippen LogP contribution in [0.3, 0.4) is 0 Å². The molecule has 0 bridgehead atoms. The minimum atomic E-state index is 0.614. The Hall–Kier alpha value is -1.38. The summed E-state index contributed by atoms with van der Waals surface area (Å²) in [5.41, 5.74) is 3.22. The summed E-state index contributed by atoms with van der Waals surface area (Å²) in [4.78, 5) is 2.31. The minimum Gasteiger partial charge on any atom is -0.381 e. The van der Waals surface area contributed by atoms with Crippen LogP contribution in [0.2, 0.25) is 10.0 Å². The Morgan fingerprint density at radius 2 is 1.48 bits per heavy atom. The van der Waals surface area contributed by atoms with Crippen LogP contribution in [0, 0.1) is 0 Å². The standard InChI is InChI=1S/C17H20Cl2N2/c1-3-21(4-2)14-10-8-13(9-11-14)20-12-15-16(18)6-5-7-17(15)19/h5-11,20H,3-4,12H2,1-2H3. The Bertz CT molecular complexity index is 558. The number of hydrogen-bond donors (Lipinski definition) is 1. The second kappa shape index (κ2) is 7.58. The fraction of sp³-hybridized carbons (Fsp3) is 0.294. The molecule has 0 aliphatic heterocycles. The summed E-state index contributed by atoms with van der Waals surface area (Å²) < 4.78 is 0. The first-order valence-electron chi connectivity index (χ1n) is 7.17. The molecule has 0 spiro atoms. The first-order valence-corrected chi connectivity index (χ1v) is 7.93. The molecule has 1 N–H and O–H groups in total. The zero-order valence-corrected chi connectivity index (χ0v) is 13.9. The molecule has 0 radical (unpaired) electrons. The van der Waals surface area contributed by atoms with E-state index in [0.29, 0.717) is 16.6 Å². The van der Waals surface area contributed by atoms with Crippen LogP contribution >= 0.6 is 23.2 Å². The van der Waals surface area contributed by atoms with Gasteiger partial charge in [0.05, 0.1) is 0 Å². The fourth-order valence-corrected chi connectivity index (χ4v) is 2.80. The van der Waals surface area contributed by atoms with Crippen molar-refractivity contribution in [1.82, 2.24) is 0 Å². The third kappa shape index (κ3) is 4.05. The van der Waals surface area contributed by atoms with Crippen molar-refractivity contribution in [3.05, 3.63) is 58.1 Å². The highest BCUT2D eigenvalue weighted by Crippen LogP contribution is 2.25. The summed E-state index contributed by atoms with van der Waals surface area (Å²) in [6, 6.07) is 14.0. The smallest absolute Gasteiger partial charge is 0.0470 e. The second-order valence-corrected chi connectivity index (χ2v) is 5.59. The topological polar surface area (TPSA) is 15.3 Å². The van der Waals surface area contributed by atoms with Crippen molar-refractivity contribution in [1.29, 1.82) is 0 Å². The third-order valence-electron chi connectivity index (χ3n) is 3.53. The summed E-state index contributed by atoms with van der Waals surface area (Å²) in [7, 11) is 0. The Labute approximate surface area is 136 Å². The molecular weight excluding hydrogens is 303 g/mol. The molecule has 21 heavy (non-hydrogen) atoms. The molecule has 2 rings (SSSR count). The highest BCUT2D eigenvalue weighted by atomic mass is 35.5. The number of nitrogens with zero attached hydrogens (tertiary/aromatic N) is 1. The molecule has 4 heteroatoms. The summed E-state index contributed by atoms with van der Waals surface area (Å²) in [6.45, 7) is 6.96. The molecule has 0 aliphatic rings. The van der Waals surface area contributed by atoms with Gasteiger partial charge in [0.2, 0.25) is 0 Å². The van der Waals surface area contributed by atoms with E-state index in [9.17, 15) is 0 Å². The molecular formula is C17H20Cl2N2. The molecule has 0 saturated heterocycles. The molecule has 0 aromatic heterocycles. The number of halogens is 2. The first-order chi connectivity index (χ1) is 10.2.